The highest BCUT2D eigenvalue weighted by molar-refractivity contribution is 7.80. The molecule has 0 saturated carbocycles. The molecule has 0 aliphatic heterocycles. The van der Waals surface area contributed by atoms with Gasteiger partial charge in [-0.05, 0) is 41.5 Å². The molecule has 1 aromatic heterocycles. The summed E-state index contributed by atoms with van der Waals surface area (Å²) in [6.45, 7) is 0. The summed E-state index contributed by atoms with van der Waals surface area (Å²) in [6, 6.07) is 22.5. The van der Waals surface area contributed by atoms with Gasteiger partial charge in [-0.1, -0.05) is 72.3 Å². The van der Waals surface area contributed by atoms with Crippen molar-refractivity contribution >= 4 is 67.9 Å². The van der Waals surface area contributed by atoms with Crippen molar-refractivity contribution in [2.75, 3.05) is 12.4 Å². The Bertz CT molecular complexity index is 1350. The number of aliphatic hydroxyl groups is 1. The van der Waals surface area contributed by atoms with Crippen LogP contribution in [0.5, 0.6) is 0 Å². The molecule has 4 rings (SSSR count). The summed E-state index contributed by atoms with van der Waals surface area (Å²) in [5.74, 6) is -1.21. The van der Waals surface area contributed by atoms with Crippen molar-refractivity contribution in [1.29, 1.82) is 0 Å². The normalized spacial score (nSPS) is 11.1. The maximum atomic E-state index is 13.2. The molecule has 0 spiro atoms. The molecule has 0 fully saturated rings. The third kappa shape index (κ3) is 4.98. The van der Waals surface area contributed by atoms with E-state index in [2.05, 4.69) is 16.2 Å². The molecule has 0 aliphatic carbocycles. The number of anilines is 1. The van der Waals surface area contributed by atoms with E-state index in [0.717, 1.165) is 4.70 Å². The Balaban J connectivity index is 1.49. The Hall–Kier alpha value is -3.50. The van der Waals surface area contributed by atoms with E-state index in [9.17, 15) is 14.7 Å². The molecule has 0 atom stereocenters. The second-order valence-electron chi connectivity index (χ2n) is 7.42. The number of carbonyl (C=O) groups excluding carboxylic acids is 2. The van der Waals surface area contributed by atoms with Crippen molar-refractivity contribution in [3.63, 3.8) is 0 Å². The molecule has 0 aliphatic rings. The summed E-state index contributed by atoms with van der Waals surface area (Å²) in [6.07, 6.45) is 0. The lowest BCUT2D eigenvalue weighted by molar-refractivity contribution is -0.137. The van der Waals surface area contributed by atoms with Crippen LogP contribution in [0, 0.1) is 0 Å². The zero-order valence-corrected chi connectivity index (χ0v) is 20.8. The largest absolute Gasteiger partial charge is 0.465 e. The molecular formula is C25H20ClN3O4S2. The van der Waals surface area contributed by atoms with Crippen LogP contribution in [-0.2, 0) is 15.1 Å². The van der Waals surface area contributed by atoms with Crippen LogP contribution < -0.4 is 16.2 Å². The number of esters is 1. The van der Waals surface area contributed by atoms with Crippen molar-refractivity contribution in [3.8, 4) is 0 Å². The number of carbonyl (C=O) groups is 2. The fourth-order valence-corrected chi connectivity index (χ4v) is 5.16. The van der Waals surface area contributed by atoms with Gasteiger partial charge in [0, 0.05) is 15.8 Å². The molecule has 4 N–H and O–H groups in total. The van der Waals surface area contributed by atoms with E-state index in [-0.39, 0.29) is 5.11 Å². The highest BCUT2D eigenvalue weighted by atomic mass is 35.5. The number of ether oxygens (including phenoxy) is 1. The third-order valence-corrected chi connectivity index (χ3v) is 7.10. The SMILES string of the molecule is COC(=O)c1sc2cc(NC(=S)NNC(=O)C(O)(c3ccccc3)c3ccccc3)ccc2c1Cl. The van der Waals surface area contributed by atoms with Gasteiger partial charge >= 0.3 is 5.97 Å². The molecule has 35 heavy (non-hydrogen) atoms. The molecule has 0 bridgehead atoms. The average molecular weight is 526 g/mol. The van der Waals surface area contributed by atoms with E-state index in [1.165, 1.54) is 18.4 Å². The number of thiocarbonyl (C=S) groups is 1. The van der Waals surface area contributed by atoms with Crippen molar-refractivity contribution in [2.24, 2.45) is 0 Å². The first-order valence-corrected chi connectivity index (χ1v) is 12.0. The number of fused-ring (bicyclic) bond motifs is 1. The highest BCUT2D eigenvalue weighted by Gasteiger charge is 2.40. The number of nitrogens with one attached hydrogen (secondary N) is 3. The first-order chi connectivity index (χ1) is 16.8. The quantitative estimate of drug-likeness (QED) is 0.172. The number of thiophene rings is 1. The number of rotatable bonds is 5. The lowest BCUT2D eigenvalue weighted by Crippen LogP contribution is -2.53. The molecule has 10 heteroatoms. The van der Waals surface area contributed by atoms with E-state index >= 15 is 0 Å². The molecule has 1 amide bonds. The van der Waals surface area contributed by atoms with Crippen molar-refractivity contribution in [2.45, 2.75) is 5.60 Å². The zero-order valence-electron chi connectivity index (χ0n) is 18.4. The first kappa shape index (κ1) is 24.6. The number of benzene rings is 3. The van der Waals surface area contributed by atoms with E-state index in [0.29, 0.717) is 32.1 Å². The van der Waals surface area contributed by atoms with Crippen LogP contribution in [0.3, 0.4) is 0 Å². The molecule has 0 saturated heterocycles. The number of hydrogen-bond donors (Lipinski definition) is 4. The van der Waals surface area contributed by atoms with Crippen LogP contribution in [0.4, 0.5) is 5.69 Å². The van der Waals surface area contributed by atoms with E-state index in [1.807, 2.05) is 0 Å². The van der Waals surface area contributed by atoms with Gasteiger partial charge in [-0.3, -0.25) is 15.6 Å². The number of amides is 1. The molecule has 0 radical (unpaired) electrons. The monoisotopic (exact) mass is 525 g/mol. The minimum atomic E-state index is -1.94. The number of halogens is 1. The van der Waals surface area contributed by atoms with Crippen LogP contribution in [-0.4, -0.2) is 29.2 Å². The van der Waals surface area contributed by atoms with Crippen LogP contribution in [0.1, 0.15) is 20.8 Å². The Morgan fingerprint density at radius 1 is 0.971 bits per heavy atom. The van der Waals surface area contributed by atoms with Crippen molar-refractivity contribution < 1.29 is 19.4 Å². The van der Waals surface area contributed by atoms with Gasteiger partial charge in [-0.15, -0.1) is 11.3 Å². The van der Waals surface area contributed by atoms with Gasteiger partial charge in [0.05, 0.1) is 12.1 Å². The van der Waals surface area contributed by atoms with Gasteiger partial charge in [-0.25, -0.2) is 4.79 Å². The standard InChI is InChI=1S/C25H20ClN3O4S2/c1-33-22(30)21-20(26)18-13-12-17(14-19(18)35-21)27-24(34)29-28-23(31)25(32,15-8-4-2-5-9-15)16-10-6-3-7-11-16/h2-14,32H,1H3,(H,28,31)(H2,27,29,34). The van der Waals surface area contributed by atoms with Gasteiger partial charge in [0.2, 0.25) is 0 Å². The summed E-state index contributed by atoms with van der Waals surface area (Å²) in [5, 5.41) is 15.6. The lowest BCUT2D eigenvalue weighted by atomic mass is 9.85. The lowest BCUT2D eigenvalue weighted by Gasteiger charge is -2.28. The summed E-state index contributed by atoms with van der Waals surface area (Å²) >= 11 is 12.8. The van der Waals surface area contributed by atoms with Crippen LogP contribution in [0.25, 0.3) is 10.1 Å². The molecular weight excluding hydrogens is 506 g/mol. The van der Waals surface area contributed by atoms with Gasteiger partial charge in [-0.2, -0.15) is 0 Å². The molecule has 1 heterocycles. The first-order valence-electron chi connectivity index (χ1n) is 10.4. The highest BCUT2D eigenvalue weighted by Crippen LogP contribution is 2.37. The fraction of sp³-hybridized carbons (Fsp3) is 0.0800. The van der Waals surface area contributed by atoms with Gasteiger partial charge in [0.1, 0.15) is 4.88 Å². The summed E-state index contributed by atoms with van der Waals surface area (Å²) < 4.78 is 5.53. The predicted octanol–water partition coefficient (Wildman–Crippen LogP) is 4.60. The Morgan fingerprint density at radius 3 is 2.14 bits per heavy atom. The topological polar surface area (TPSA) is 99.7 Å². The molecule has 7 nitrogen and oxygen atoms in total. The summed E-state index contributed by atoms with van der Waals surface area (Å²) in [7, 11) is 1.30. The fourth-order valence-electron chi connectivity index (χ4n) is 3.52. The Morgan fingerprint density at radius 2 is 1.57 bits per heavy atom. The zero-order chi connectivity index (χ0) is 25.0. The predicted molar refractivity (Wildman–Crippen MR) is 142 cm³/mol. The smallest absolute Gasteiger partial charge is 0.349 e. The number of methoxy groups -OCH3 is 1. The second-order valence-corrected chi connectivity index (χ2v) is 9.26. The minimum Gasteiger partial charge on any atom is -0.465 e. The van der Waals surface area contributed by atoms with Crippen LogP contribution in [0.15, 0.2) is 78.9 Å². The van der Waals surface area contributed by atoms with E-state index in [1.54, 1.807) is 78.9 Å². The molecule has 0 unspecified atom stereocenters. The Labute approximate surface area is 215 Å². The average Bonchev–Trinajstić information content (AvgIpc) is 3.22. The van der Waals surface area contributed by atoms with Crippen LogP contribution in [0.2, 0.25) is 5.02 Å². The van der Waals surface area contributed by atoms with Gasteiger partial charge in [0.25, 0.3) is 5.91 Å². The van der Waals surface area contributed by atoms with Gasteiger partial charge in [0.15, 0.2) is 10.7 Å². The third-order valence-electron chi connectivity index (χ3n) is 5.26. The second kappa shape index (κ2) is 10.4. The van der Waals surface area contributed by atoms with E-state index in [4.69, 9.17) is 28.6 Å². The molecule has 3 aromatic carbocycles. The van der Waals surface area contributed by atoms with Crippen molar-refractivity contribution in [3.05, 3.63) is 99.9 Å². The summed E-state index contributed by atoms with van der Waals surface area (Å²) in [4.78, 5) is 25.4. The minimum absolute atomic E-state index is 0.0945. The molecule has 178 valence electrons. The van der Waals surface area contributed by atoms with E-state index < -0.39 is 17.5 Å². The van der Waals surface area contributed by atoms with Crippen molar-refractivity contribution in [1.82, 2.24) is 10.9 Å². The molecule has 4 aromatic rings. The maximum Gasteiger partial charge on any atom is 0.349 e. The maximum absolute atomic E-state index is 13.2. The number of hydrazine groups is 1. The summed E-state index contributed by atoms with van der Waals surface area (Å²) in [5.41, 5.74) is 4.61. The van der Waals surface area contributed by atoms with Crippen LogP contribution >= 0.6 is 35.2 Å². The number of hydrogen-bond acceptors (Lipinski definition) is 6. The van der Waals surface area contributed by atoms with Gasteiger partial charge < -0.3 is 15.2 Å². The Kier molecular flexibility index (Phi) is 7.32.